The lowest BCUT2D eigenvalue weighted by atomic mass is 9.90. The molecule has 0 atom stereocenters. The fraction of sp³-hybridized carbons (Fsp3) is 0.120. The van der Waals surface area contributed by atoms with E-state index in [2.05, 4.69) is 17.1 Å². The predicted octanol–water partition coefficient (Wildman–Crippen LogP) is 6.97. The zero-order chi connectivity index (χ0) is 22.1. The van der Waals surface area contributed by atoms with E-state index >= 15 is 0 Å². The van der Waals surface area contributed by atoms with Crippen molar-refractivity contribution in [3.05, 3.63) is 105 Å². The molecule has 1 aliphatic rings. The van der Waals surface area contributed by atoms with Crippen LogP contribution in [0.1, 0.15) is 24.0 Å². The summed E-state index contributed by atoms with van der Waals surface area (Å²) in [6, 6.07) is 19.1. The van der Waals surface area contributed by atoms with Gasteiger partial charge in [-0.1, -0.05) is 48.0 Å². The summed E-state index contributed by atoms with van der Waals surface area (Å²) in [5.74, 6) is -1.35. The van der Waals surface area contributed by atoms with Gasteiger partial charge < -0.3 is 0 Å². The molecule has 0 spiro atoms. The van der Waals surface area contributed by atoms with Crippen LogP contribution in [-0.2, 0) is 6.42 Å². The van der Waals surface area contributed by atoms with Crippen LogP contribution in [0.3, 0.4) is 0 Å². The second-order valence-corrected chi connectivity index (χ2v) is 8.76. The lowest BCUT2D eigenvalue weighted by Gasteiger charge is -2.18. The minimum absolute atomic E-state index is 0.0638. The van der Waals surface area contributed by atoms with Crippen LogP contribution < -0.4 is 4.80 Å². The van der Waals surface area contributed by atoms with Crippen LogP contribution in [0, 0.1) is 11.6 Å². The standard InChI is InChI=1S/C25H18ClF2N3S/c26-18-10-8-17(9-11-18)24-15-32-25(29-23-13-12-19(27)14-21(23)28)31(24)30-22-7-3-5-16-4-1-2-6-20(16)22/h1-2,4,6,8-15H,3,5,7H2/b29-25?,30-22+. The Kier molecular flexibility index (Phi) is 5.72. The molecule has 1 aromatic heterocycles. The van der Waals surface area contributed by atoms with Gasteiger partial charge in [-0.3, -0.25) is 0 Å². The maximum atomic E-state index is 14.3. The third-order valence-corrected chi connectivity index (χ3v) is 6.43. The second kappa shape index (κ2) is 8.81. The number of fused-ring (bicyclic) bond motifs is 1. The van der Waals surface area contributed by atoms with Gasteiger partial charge in [0.1, 0.15) is 11.5 Å². The molecule has 5 rings (SSSR count). The maximum Gasteiger partial charge on any atom is 0.211 e. The highest BCUT2D eigenvalue weighted by molar-refractivity contribution is 7.07. The van der Waals surface area contributed by atoms with Crippen molar-refractivity contribution in [2.24, 2.45) is 10.1 Å². The first-order valence-electron chi connectivity index (χ1n) is 10.2. The van der Waals surface area contributed by atoms with Gasteiger partial charge in [0, 0.05) is 27.6 Å². The Hall–Kier alpha value is -3.09. The van der Waals surface area contributed by atoms with Crippen LogP contribution in [0.15, 0.2) is 82.2 Å². The molecule has 0 saturated heterocycles. The van der Waals surface area contributed by atoms with E-state index in [1.165, 1.54) is 29.0 Å². The van der Waals surface area contributed by atoms with Gasteiger partial charge in [-0.05, 0) is 49.1 Å². The normalized spacial score (nSPS) is 15.2. The van der Waals surface area contributed by atoms with Crippen molar-refractivity contribution in [2.75, 3.05) is 0 Å². The third-order valence-electron chi connectivity index (χ3n) is 5.36. The van der Waals surface area contributed by atoms with Gasteiger partial charge in [0.05, 0.1) is 11.4 Å². The zero-order valence-electron chi connectivity index (χ0n) is 16.9. The van der Waals surface area contributed by atoms with Crippen molar-refractivity contribution in [2.45, 2.75) is 19.3 Å². The number of rotatable bonds is 3. The summed E-state index contributed by atoms with van der Waals surface area (Å²) in [7, 11) is 0. The molecule has 3 nitrogen and oxygen atoms in total. The molecule has 32 heavy (non-hydrogen) atoms. The largest absolute Gasteiger partial charge is 0.217 e. The van der Waals surface area contributed by atoms with Gasteiger partial charge in [-0.15, -0.1) is 11.3 Å². The van der Waals surface area contributed by atoms with E-state index in [9.17, 15) is 8.78 Å². The Bertz CT molecular complexity index is 1390. The summed E-state index contributed by atoms with van der Waals surface area (Å²) >= 11 is 7.42. The summed E-state index contributed by atoms with van der Waals surface area (Å²) in [4.78, 5) is 4.97. The molecule has 3 aromatic carbocycles. The second-order valence-electron chi connectivity index (χ2n) is 7.49. The molecule has 160 valence electrons. The summed E-state index contributed by atoms with van der Waals surface area (Å²) < 4.78 is 29.4. The van der Waals surface area contributed by atoms with Gasteiger partial charge in [-0.2, -0.15) is 5.10 Å². The number of thiazole rings is 1. The van der Waals surface area contributed by atoms with Gasteiger partial charge in [0.25, 0.3) is 0 Å². The van der Waals surface area contributed by atoms with Crippen molar-refractivity contribution >= 4 is 34.3 Å². The van der Waals surface area contributed by atoms with Crippen LogP contribution >= 0.6 is 22.9 Å². The van der Waals surface area contributed by atoms with E-state index in [4.69, 9.17) is 16.7 Å². The van der Waals surface area contributed by atoms with Gasteiger partial charge in [0.15, 0.2) is 5.82 Å². The molecule has 1 aliphatic carbocycles. The Morgan fingerprint density at radius 2 is 1.75 bits per heavy atom. The molecular formula is C25H18ClF2N3S. The highest BCUT2D eigenvalue weighted by Gasteiger charge is 2.17. The number of hydrogen-bond donors (Lipinski definition) is 0. The van der Waals surface area contributed by atoms with Crippen molar-refractivity contribution in [1.82, 2.24) is 4.68 Å². The number of aryl methyl sites for hydroxylation is 1. The molecule has 0 radical (unpaired) electrons. The summed E-state index contributed by atoms with van der Waals surface area (Å²) in [5, 5.41) is 7.55. The Morgan fingerprint density at radius 1 is 0.938 bits per heavy atom. The number of aromatic nitrogens is 1. The highest BCUT2D eigenvalue weighted by Crippen LogP contribution is 2.26. The Labute approximate surface area is 193 Å². The topological polar surface area (TPSA) is 29.6 Å². The summed E-state index contributed by atoms with van der Waals surface area (Å²) in [6.45, 7) is 0. The van der Waals surface area contributed by atoms with Gasteiger partial charge >= 0.3 is 0 Å². The average molecular weight is 466 g/mol. The van der Waals surface area contributed by atoms with Crippen LogP contribution in [0.4, 0.5) is 14.5 Å². The molecule has 1 heterocycles. The highest BCUT2D eigenvalue weighted by atomic mass is 35.5. The molecule has 0 aliphatic heterocycles. The molecular weight excluding hydrogens is 448 g/mol. The van der Waals surface area contributed by atoms with Crippen LogP contribution in [-0.4, -0.2) is 10.4 Å². The minimum Gasteiger partial charge on any atom is -0.217 e. The number of nitrogens with zero attached hydrogens (tertiary/aromatic N) is 3. The fourth-order valence-electron chi connectivity index (χ4n) is 3.79. The minimum atomic E-state index is -0.714. The summed E-state index contributed by atoms with van der Waals surface area (Å²) in [5.41, 5.74) is 5.15. The number of hydrogen-bond acceptors (Lipinski definition) is 3. The first-order valence-corrected chi connectivity index (χ1v) is 11.5. The van der Waals surface area contributed by atoms with E-state index in [1.807, 2.05) is 41.8 Å². The lowest BCUT2D eigenvalue weighted by Crippen LogP contribution is -2.18. The van der Waals surface area contributed by atoms with Gasteiger partial charge in [-0.25, -0.2) is 18.4 Å². The monoisotopic (exact) mass is 465 g/mol. The maximum absolute atomic E-state index is 14.3. The van der Waals surface area contributed by atoms with E-state index in [1.54, 1.807) is 4.68 Å². The number of halogens is 3. The van der Waals surface area contributed by atoms with Gasteiger partial charge in [0.2, 0.25) is 4.80 Å². The summed E-state index contributed by atoms with van der Waals surface area (Å²) in [6.07, 6.45) is 2.87. The molecule has 0 fully saturated rings. The SMILES string of the molecule is Fc1ccc(N=c2scc(-c3ccc(Cl)cc3)n2/N=C2\CCCc3ccccc32)c(F)c1. The molecule has 0 amide bonds. The molecule has 7 heteroatoms. The van der Waals surface area contributed by atoms with Crippen molar-refractivity contribution in [1.29, 1.82) is 0 Å². The number of benzene rings is 3. The smallest absolute Gasteiger partial charge is 0.211 e. The van der Waals surface area contributed by atoms with E-state index in [-0.39, 0.29) is 5.69 Å². The van der Waals surface area contributed by atoms with Crippen LogP contribution in [0.25, 0.3) is 11.3 Å². The third kappa shape index (κ3) is 4.16. The average Bonchev–Trinajstić information content (AvgIpc) is 3.18. The van der Waals surface area contributed by atoms with Crippen LogP contribution in [0.5, 0.6) is 0 Å². The molecule has 0 unspecified atom stereocenters. The van der Waals surface area contributed by atoms with E-state index < -0.39 is 11.6 Å². The Morgan fingerprint density at radius 3 is 2.56 bits per heavy atom. The first kappa shape index (κ1) is 20.8. The van der Waals surface area contributed by atoms with Crippen molar-refractivity contribution in [3.63, 3.8) is 0 Å². The lowest BCUT2D eigenvalue weighted by molar-refractivity contribution is 0.584. The molecule has 0 N–H and O–H groups in total. The first-order chi connectivity index (χ1) is 15.6. The Balaban J connectivity index is 1.71. The van der Waals surface area contributed by atoms with E-state index in [0.29, 0.717) is 9.82 Å². The molecule has 0 bridgehead atoms. The van der Waals surface area contributed by atoms with E-state index in [0.717, 1.165) is 47.9 Å². The molecule has 4 aromatic rings. The van der Waals surface area contributed by atoms with Crippen molar-refractivity contribution < 1.29 is 8.78 Å². The van der Waals surface area contributed by atoms with Crippen molar-refractivity contribution in [3.8, 4) is 11.3 Å². The quantitative estimate of drug-likeness (QED) is 0.313. The predicted molar refractivity (Wildman–Crippen MR) is 126 cm³/mol. The zero-order valence-corrected chi connectivity index (χ0v) is 18.5. The molecule has 0 saturated carbocycles. The van der Waals surface area contributed by atoms with Crippen LogP contribution in [0.2, 0.25) is 5.02 Å². The fourth-order valence-corrected chi connectivity index (χ4v) is 4.76.